The quantitative estimate of drug-likeness (QED) is 0.590. The zero-order valence-corrected chi connectivity index (χ0v) is 14.4. The van der Waals surface area contributed by atoms with E-state index in [0.717, 1.165) is 18.7 Å². The van der Waals surface area contributed by atoms with Crippen molar-refractivity contribution in [2.45, 2.75) is 19.5 Å². The molecule has 3 aromatic rings. The Bertz CT molecular complexity index is 861. The molecule has 1 aromatic carbocycles. The van der Waals surface area contributed by atoms with Crippen molar-refractivity contribution in [1.82, 2.24) is 9.88 Å². The normalized spacial score (nSPS) is 11.3. The molecule has 2 heterocycles. The number of nitrogens with zero attached hydrogens (tertiary/aromatic N) is 2. The molecule has 0 bridgehead atoms. The Balaban J connectivity index is 1.81. The molecule has 130 valence electrons. The number of hydrogen-bond acceptors (Lipinski definition) is 5. The number of para-hydroxylation sites is 1. The second-order valence-electron chi connectivity index (χ2n) is 5.96. The van der Waals surface area contributed by atoms with Crippen LogP contribution < -0.4 is 5.43 Å². The number of rotatable bonds is 8. The Morgan fingerprint density at radius 3 is 2.76 bits per heavy atom. The van der Waals surface area contributed by atoms with Crippen LogP contribution in [0.4, 0.5) is 0 Å². The molecule has 5 nitrogen and oxygen atoms in total. The Hall–Kier alpha value is -2.50. The Morgan fingerprint density at radius 1 is 1.12 bits per heavy atom. The topological polar surface area (TPSA) is 55.6 Å². The van der Waals surface area contributed by atoms with Crippen LogP contribution in [0.25, 0.3) is 11.0 Å². The maximum absolute atomic E-state index is 12.7. The minimum Gasteiger partial charge on any atom is -0.464 e. The SMILES string of the molecule is COCCCN(Cc1ccccn1)Cc1coc2ccccc2c1=O. The van der Waals surface area contributed by atoms with Crippen molar-refractivity contribution in [3.63, 3.8) is 0 Å². The van der Waals surface area contributed by atoms with Crippen LogP contribution in [0.1, 0.15) is 17.7 Å². The van der Waals surface area contributed by atoms with E-state index >= 15 is 0 Å². The van der Waals surface area contributed by atoms with Gasteiger partial charge in [-0.1, -0.05) is 18.2 Å². The van der Waals surface area contributed by atoms with Crippen molar-refractivity contribution < 1.29 is 9.15 Å². The zero-order valence-electron chi connectivity index (χ0n) is 14.4. The van der Waals surface area contributed by atoms with Crippen LogP contribution in [-0.2, 0) is 17.8 Å². The summed E-state index contributed by atoms with van der Waals surface area (Å²) < 4.78 is 10.8. The molecule has 2 aromatic heterocycles. The van der Waals surface area contributed by atoms with E-state index in [0.29, 0.717) is 36.2 Å². The molecule has 0 amide bonds. The third kappa shape index (κ3) is 4.53. The van der Waals surface area contributed by atoms with Gasteiger partial charge in [0.05, 0.1) is 17.3 Å². The smallest absolute Gasteiger partial charge is 0.197 e. The highest BCUT2D eigenvalue weighted by molar-refractivity contribution is 5.76. The molecule has 0 fully saturated rings. The summed E-state index contributed by atoms with van der Waals surface area (Å²) in [6.07, 6.45) is 4.25. The highest BCUT2D eigenvalue weighted by Crippen LogP contribution is 2.13. The van der Waals surface area contributed by atoms with Crippen LogP contribution in [0.5, 0.6) is 0 Å². The molecule has 0 radical (unpaired) electrons. The van der Waals surface area contributed by atoms with E-state index in [1.807, 2.05) is 36.4 Å². The maximum atomic E-state index is 12.7. The first-order valence-electron chi connectivity index (χ1n) is 8.38. The Labute approximate surface area is 146 Å². The van der Waals surface area contributed by atoms with Gasteiger partial charge in [-0.15, -0.1) is 0 Å². The maximum Gasteiger partial charge on any atom is 0.197 e. The van der Waals surface area contributed by atoms with Crippen LogP contribution in [-0.4, -0.2) is 30.1 Å². The van der Waals surface area contributed by atoms with E-state index in [4.69, 9.17) is 9.15 Å². The monoisotopic (exact) mass is 338 g/mol. The average molecular weight is 338 g/mol. The highest BCUT2D eigenvalue weighted by atomic mass is 16.5. The molecule has 0 unspecified atom stereocenters. The predicted octanol–water partition coefficient (Wildman–Crippen LogP) is 3.23. The molecule has 0 aliphatic rings. The van der Waals surface area contributed by atoms with Crippen molar-refractivity contribution in [3.8, 4) is 0 Å². The van der Waals surface area contributed by atoms with Gasteiger partial charge in [-0.05, 0) is 30.7 Å². The molecule has 0 aliphatic heterocycles. The van der Waals surface area contributed by atoms with Gasteiger partial charge in [-0.3, -0.25) is 14.7 Å². The molecule has 3 rings (SSSR count). The van der Waals surface area contributed by atoms with E-state index in [1.54, 1.807) is 25.6 Å². The molecule has 0 saturated carbocycles. The van der Waals surface area contributed by atoms with Crippen molar-refractivity contribution >= 4 is 11.0 Å². The highest BCUT2D eigenvalue weighted by Gasteiger charge is 2.12. The molecule has 0 atom stereocenters. The lowest BCUT2D eigenvalue weighted by Crippen LogP contribution is -2.28. The van der Waals surface area contributed by atoms with Crippen molar-refractivity contribution in [3.05, 3.63) is 76.4 Å². The van der Waals surface area contributed by atoms with Gasteiger partial charge in [-0.2, -0.15) is 0 Å². The van der Waals surface area contributed by atoms with E-state index in [9.17, 15) is 4.79 Å². The third-order valence-electron chi connectivity index (χ3n) is 4.08. The largest absolute Gasteiger partial charge is 0.464 e. The molecule has 0 saturated heterocycles. The average Bonchev–Trinajstić information content (AvgIpc) is 2.65. The minimum atomic E-state index is 0.0274. The predicted molar refractivity (Wildman–Crippen MR) is 97.3 cm³/mol. The third-order valence-corrected chi connectivity index (χ3v) is 4.08. The van der Waals surface area contributed by atoms with Crippen LogP contribution in [0.2, 0.25) is 0 Å². The molecule has 5 heteroatoms. The summed E-state index contributed by atoms with van der Waals surface area (Å²) >= 11 is 0. The zero-order chi connectivity index (χ0) is 17.5. The van der Waals surface area contributed by atoms with Crippen molar-refractivity contribution in [1.29, 1.82) is 0 Å². The van der Waals surface area contributed by atoms with Crippen LogP contribution in [0, 0.1) is 0 Å². The molecular formula is C20H22N2O3. The Kier molecular flexibility index (Phi) is 5.93. The summed E-state index contributed by atoms with van der Waals surface area (Å²) in [6, 6.07) is 13.2. The first-order chi connectivity index (χ1) is 12.3. The van der Waals surface area contributed by atoms with E-state index < -0.39 is 0 Å². The van der Waals surface area contributed by atoms with Gasteiger partial charge in [0.1, 0.15) is 5.58 Å². The van der Waals surface area contributed by atoms with Gasteiger partial charge in [0.2, 0.25) is 0 Å². The first-order valence-corrected chi connectivity index (χ1v) is 8.38. The number of ether oxygens (including phenoxy) is 1. The molecule has 0 spiro atoms. The number of fused-ring (bicyclic) bond motifs is 1. The standard InChI is InChI=1S/C20H22N2O3/c1-24-12-6-11-22(14-17-7-4-5-10-21-17)13-16-15-25-19-9-3-2-8-18(19)20(16)23/h2-5,7-10,15H,6,11-14H2,1H3. The Morgan fingerprint density at radius 2 is 1.96 bits per heavy atom. The van der Waals surface area contributed by atoms with Gasteiger partial charge < -0.3 is 9.15 Å². The summed E-state index contributed by atoms with van der Waals surface area (Å²) in [5.41, 5.74) is 2.28. The second-order valence-corrected chi connectivity index (χ2v) is 5.96. The van der Waals surface area contributed by atoms with Gasteiger partial charge in [-0.25, -0.2) is 0 Å². The molecule has 25 heavy (non-hydrogen) atoms. The summed E-state index contributed by atoms with van der Waals surface area (Å²) in [6.45, 7) is 2.70. The fourth-order valence-corrected chi connectivity index (χ4v) is 2.84. The molecule has 0 N–H and O–H groups in total. The summed E-state index contributed by atoms with van der Waals surface area (Å²) in [7, 11) is 1.70. The van der Waals surface area contributed by atoms with E-state index in [1.165, 1.54) is 0 Å². The number of hydrogen-bond donors (Lipinski definition) is 0. The van der Waals surface area contributed by atoms with Crippen LogP contribution >= 0.6 is 0 Å². The molecular weight excluding hydrogens is 316 g/mol. The number of pyridine rings is 1. The summed E-state index contributed by atoms with van der Waals surface area (Å²) in [5.74, 6) is 0. The van der Waals surface area contributed by atoms with E-state index in [2.05, 4.69) is 9.88 Å². The lowest BCUT2D eigenvalue weighted by Gasteiger charge is -2.21. The number of methoxy groups -OCH3 is 1. The minimum absolute atomic E-state index is 0.0274. The van der Waals surface area contributed by atoms with Crippen molar-refractivity contribution in [2.75, 3.05) is 20.3 Å². The summed E-state index contributed by atoms with van der Waals surface area (Å²) in [4.78, 5) is 19.3. The fraction of sp³-hybridized carbons (Fsp3) is 0.300. The van der Waals surface area contributed by atoms with Crippen molar-refractivity contribution in [2.24, 2.45) is 0 Å². The van der Waals surface area contributed by atoms with Crippen LogP contribution in [0.15, 0.2) is 64.1 Å². The van der Waals surface area contributed by atoms with Gasteiger partial charge in [0.25, 0.3) is 0 Å². The summed E-state index contributed by atoms with van der Waals surface area (Å²) in [5, 5.41) is 0.620. The molecule has 0 aliphatic carbocycles. The van der Waals surface area contributed by atoms with Gasteiger partial charge in [0, 0.05) is 45.1 Å². The number of benzene rings is 1. The number of aromatic nitrogens is 1. The lowest BCUT2D eigenvalue weighted by atomic mass is 10.1. The first kappa shape index (κ1) is 17.3. The fourth-order valence-electron chi connectivity index (χ4n) is 2.84. The van der Waals surface area contributed by atoms with Gasteiger partial charge >= 0.3 is 0 Å². The second kappa shape index (κ2) is 8.55. The lowest BCUT2D eigenvalue weighted by molar-refractivity contribution is 0.165. The van der Waals surface area contributed by atoms with E-state index in [-0.39, 0.29) is 5.43 Å². The van der Waals surface area contributed by atoms with Gasteiger partial charge in [0.15, 0.2) is 5.43 Å². The van der Waals surface area contributed by atoms with Crippen LogP contribution in [0.3, 0.4) is 0 Å².